The summed E-state index contributed by atoms with van der Waals surface area (Å²) in [6.45, 7) is 6.63. The molecule has 0 radical (unpaired) electrons. The van der Waals surface area contributed by atoms with E-state index in [0.717, 1.165) is 19.1 Å². The molecule has 1 rings (SSSR count). The minimum Gasteiger partial charge on any atom is -0.374 e. The molecule has 0 bridgehead atoms. The molecule has 0 aromatic rings. The van der Waals surface area contributed by atoms with Crippen LogP contribution in [0.5, 0.6) is 0 Å². The zero-order valence-corrected chi connectivity index (χ0v) is 13.5. The van der Waals surface area contributed by atoms with Crippen molar-refractivity contribution in [2.24, 2.45) is 5.92 Å². The maximum Gasteiger partial charge on any atom is 0.0806 e. The molecule has 1 fully saturated rings. The van der Waals surface area contributed by atoms with Gasteiger partial charge in [-0.25, -0.2) is 0 Å². The van der Waals surface area contributed by atoms with Crippen molar-refractivity contribution in [1.82, 2.24) is 5.32 Å². The zero-order chi connectivity index (χ0) is 14.0. The molecule has 1 aliphatic carbocycles. The van der Waals surface area contributed by atoms with Crippen LogP contribution in [0.3, 0.4) is 0 Å². The first-order valence-corrected chi connectivity index (χ1v) is 8.51. The molecular formula is C17H35NO. The van der Waals surface area contributed by atoms with E-state index in [9.17, 15) is 0 Å². The summed E-state index contributed by atoms with van der Waals surface area (Å²) in [5, 5.41) is 3.34. The summed E-state index contributed by atoms with van der Waals surface area (Å²) in [4.78, 5) is 0. The van der Waals surface area contributed by atoms with Crippen LogP contribution in [0.15, 0.2) is 0 Å². The summed E-state index contributed by atoms with van der Waals surface area (Å²) in [6, 6.07) is 0. The lowest BCUT2D eigenvalue weighted by molar-refractivity contribution is -0.0753. The van der Waals surface area contributed by atoms with Gasteiger partial charge < -0.3 is 10.1 Å². The molecule has 114 valence electrons. The van der Waals surface area contributed by atoms with Crippen LogP contribution in [0.1, 0.15) is 78.1 Å². The topological polar surface area (TPSA) is 21.3 Å². The summed E-state index contributed by atoms with van der Waals surface area (Å²) >= 11 is 0. The molecule has 1 N–H and O–H groups in total. The van der Waals surface area contributed by atoms with E-state index in [4.69, 9.17) is 4.74 Å². The molecule has 0 saturated heterocycles. The van der Waals surface area contributed by atoms with Crippen molar-refractivity contribution < 1.29 is 4.74 Å². The largest absolute Gasteiger partial charge is 0.374 e. The van der Waals surface area contributed by atoms with Crippen molar-refractivity contribution in [2.45, 2.75) is 83.7 Å². The molecule has 0 aliphatic heterocycles. The first-order chi connectivity index (χ1) is 9.22. The Balaban J connectivity index is 2.15. The molecule has 0 amide bonds. The van der Waals surface area contributed by atoms with E-state index < -0.39 is 0 Å². The van der Waals surface area contributed by atoms with E-state index in [1.165, 1.54) is 64.2 Å². The van der Waals surface area contributed by atoms with Crippen LogP contribution in [-0.4, -0.2) is 25.8 Å². The molecule has 19 heavy (non-hydrogen) atoms. The average Bonchev–Trinajstić information content (AvgIpc) is 2.42. The van der Waals surface area contributed by atoms with E-state index in [1.807, 2.05) is 7.05 Å². The molecule has 0 atom stereocenters. The third-order valence-corrected chi connectivity index (χ3v) is 4.59. The summed E-state index contributed by atoms with van der Waals surface area (Å²) in [5.74, 6) is 0.891. The highest BCUT2D eigenvalue weighted by Crippen LogP contribution is 2.34. The molecule has 0 aromatic carbocycles. The molecule has 0 spiro atoms. The smallest absolute Gasteiger partial charge is 0.0806 e. The first-order valence-electron chi connectivity index (χ1n) is 8.51. The van der Waals surface area contributed by atoms with Crippen molar-refractivity contribution in [3.05, 3.63) is 0 Å². The first kappa shape index (κ1) is 17.0. The fourth-order valence-electron chi connectivity index (χ4n) is 3.15. The Morgan fingerprint density at radius 1 is 1.05 bits per heavy atom. The van der Waals surface area contributed by atoms with E-state index in [1.54, 1.807) is 0 Å². The molecule has 0 heterocycles. The third-order valence-electron chi connectivity index (χ3n) is 4.59. The number of hydrogen-bond donors (Lipinski definition) is 1. The second-order valence-electron chi connectivity index (χ2n) is 6.51. The Labute approximate surface area is 120 Å². The number of unbranched alkanes of at least 4 members (excludes halogenated alkanes) is 5. The Morgan fingerprint density at radius 3 is 2.32 bits per heavy atom. The van der Waals surface area contributed by atoms with Crippen LogP contribution in [0.2, 0.25) is 0 Å². The molecule has 1 saturated carbocycles. The van der Waals surface area contributed by atoms with Crippen LogP contribution in [-0.2, 0) is 4.74 Å². The molecule has 2 nitrogen and oxygen atoms in total. The van der Waals surface area contributed by atoms with Gasteiger partial charge in [0.1, 0.15) is 0 Å². The number of hydrogen-bond acceptors (Lipinski definition) is 2. The van der Waals surface area contributed by atoms with Crippen molar-refractivity contribution >= 4 is 0 Å². The van der Waals surface area contributed by atoms with Gasteiger partial charge in [-0.15, -0.1) is 0 Å². The normalized spacial score (nSPS) is 27.6. The van der Waals surface area contributed by atoms with E-state index >= 15 is 0 Å². The van der Waals surface area contributed by atoms with Crippen LogP contribution < -0.4 is 5.32 Å². The lowest BCUT2D eigenvalue weighted by Gasteiger charge is -2.39. The van der Waals surface area contributed by atoms with Crippen LogP contribution >= 0.6 is 0 Å². The van der Waals surface area contributed by atoms with Crippen LogP contribution in [0.25, 0.3) is 0 Å². The summed E-state index contributed by atoms with van der Waals surface area (Å²) in [5.41, 5.74) is 0.144. The fraction of sp³-hybridized carbons (Fsp3) is 1.00. The van der Waals surface area contributed by atoms with Crippen molar-refractivity contribution in [1.29, 1.82) is 0 Å². The minimum absolute atomic E-state index is 0.144. The van der Waals surface area contributed by atoms with Gasteiger partial charge in [-0.1, -0.05) is 46.0 Å². The maximum absolute atomic E-state index is 6.30. The van der Waals surface area contributed by atoms with E-state index in [2.05, 4.69) is 19.2 Å². The van der Waals surface area contributed by atoms with Gasteiger partial charge >= 0.3 is 0 Å². The Bertz CT molecular complexity index is 209. The quantitative estimate of drug-likeness (QED) is 0.588. The molecule has 0 unspecified atom stereocenters. The van der Waals surface area contributed by atoms with Gasteiger partial charge in [-0.3, -0.25) is 0 Å². The maximum atomic E-state index is 6.30. The summed E-state index contributed by atoms with van der Waals surface area (Å²) in [7, 11) is 2.05. The zero-order valence-electron chi connectivity index (χ0n) is 13.5. The highest BCUT2D eigenvalue weighted by atomic mass is 16.5. The third kappa shape index (κ3) is 6.76. The second kappa shape index (κ2) is 9.77. The molecule has 0 aromatic heterocycles. The van der Waals surface area contributed by atoms with Crippen molar-refractivity contribution in [2.75, 3.05) is 20.2 Å². The summed E-state index contributed by atoms with van der Waals surface area (Å²) < 4.78 is 6.30. The van der Waals surface area contributed by atoms with Gasteiger partial charge in [0.15, 0.2) is 0 Å². The van der Waals surface area contributed by atoms with Gasteiger partial charge in [0.25, 0.3) is 0 Å². The molecule has 1 aliphatic rings. The van der Waals surface area contributed by atoms with Gasteiger partial charge in [0, 0.05) is 13.2 Å². The Kier molecular flexibility index (Phi) is 8.72. The van der Waals surface area contributed by atoms with Crippen LogP contribution in [0.4, 0.5) is 0 Å². The monoisotopic (exact) mass is 269 g/mol. The molecule has 2 heteroatoms. The lowest BCUT2D eigenvalue weighted by Crippen LogP contribution is -2.45. The highest BCUT2D eigenvalue weighted by molar-refractivity contribution is 4.88. The van der Waals surface area contributed by atoms with Gasteiger partial charge in [0.2, 0.25) is 0 Å². The fourth-order valence-corrected chi connectivity index (χ4v) is 3.15. The van der Waals surface area contributed by atoms with Gasteiger partial charge in [-0.05, 0) is 45.1 Å². The molecular weight excluding hydrogens is 234 g/mol. The van der Waals surface area contributed by atoms with E-state index in [-0.39, 0.29) is 5.60 Å². The predicted molar refractivity (Wildman–Crippen MR) is 83.6 cm³/mol. The Hall–Kier alpha value is -0.0800. The number of ether oxygens (including phenoxy) is 1. The Morgan fingerprint density at radius 2 is 1.68 bits per heavy atom. The second-order valence-corrected chi connectivity index (χ2v) is 6.51. The van der Waals surface area contributed by atoms with Crippen LogP contribution in [0, 0.1) is 5.92 Å². The van der Waals surface area contributed by atoms with Crippen molar-refractivity contribution in [3.8, 4) is 0 Å². The summed E-state index contributed by atoms with van der Waals surface area (Å²) in [6.07, 6.45) is 13.2. The van der Waals surface area contributed by atoms with Gasteiger partial charge in [0.05, 0.1) is 5.60 Å². The van der Waals surface area contributed by atoms with Gasteiger partial charge in [-0.2, -0.15) is 0 Å². The predicted octanol–water partition coefficient (Wildman–Crippen LogP) is 4.53. The average molecular weight is 269 g/mol. The lowest BCUT2D eigenvalue weighted by atomic mass is 9.79. The standard InChI is InChI=1S/C17H35NO/c1-4-5-6-7-8-9-14-19-17(15-18-3)12-10-16(2)11-13-17/h16,18H,4-15H2,1-3H3. The SMILES string of the molecule is CCCCCCCCOC1(CNC)CCC(C)CC1. The highest BCUT2D eigenvalue weighted by Gasteiger charge is 2.34. The number of nitrogens with one attached hydrogen (secondary N) is 1. The van der Waals surface area contributed by atoms with E-state index in [0.29, 0.717) is 0 Å². The van der Waals surface area contributed by atoms with Crippen molar-refractivity contribution in [3.63, 3.8) is 0 Å². The number of rotatable bonds is 10. The number of likely N-dealkylation sites (N-methyl/N-ethyl adjacent to an activating group) is 1. The minimum atomic E-state index is 0.144.